The predicted octanol–water partition coefficient (Wildman–Crippen LogP) is 4.96. The third-order valence-electron chi connectivity index (χ3n) is 6.15. The number of sulfonamides is 1. The Kier molecular flexibility index (Phi) is 5.38. The van der Waals surface area contributed by atoms with Gasteiger partial charge < -0.3 is 10.2 Å². The molecular formula is C27H25N3O3S. The molecular weight excluding hydrogens is 446 g/mol. The summed E-state index contributed by atoms with van der Waals surface area (Å²) >= 11 is 0. The zero-order valence-electron chi connectivity index (χ0n) is 19.2. The van der Waals surface area contributed by atoms with Crippen molar-refractivity contribution in [3.63, 3.8) is 0 Å². The molecule has 0 saturated heterocycles. The number of carbonyl (C=O) groups excluding carboxylic acids is 1. The number of nitrogens with zero attached hydrogens (tertiary/aromatic N) is 1. The highest BCUT2D eigenvalue weighted by Crippen LogP contribution is 2.37. The lowest BCUT2D eigenvalue weighted by Gasteiger charge is -2.18. The van der Waals surface area contributed by atoms with Gasteiger partial charge in [0.25, 0.3) is 0 Å². The maximum Gasteiger partial charge on any atom is 0.242 e. The van der Waals surface area contributed by atoms with Gasteiger partial charge in [0.2, 0.25) is 15.9 Å². The molecule has 0 fully saturated rings. The first kappa shape index (κ1) is 22.1. The van der Waals surface area contributed by atoms with Crippen LogP contribution in [0.1, 0.15) is 6.92 Å². The minimum absolute atomic E-state index is 0.160. The highest BCUT2D eigenvalue weighted by Gasteiger charge is 2.25. The molecule has 0 spiro atoms. The summed E-state index contributed by atoms with van der Waals surface area (Å²) in [6.07, 6.45) is 0. The van der Waals surface area contributed by atoms with Gasteiger partial charge in [-0.1, -0.05) is 48.5 Å². The first-order chi connectivity index (χ1) is 16.2. The Morgan fingerprint density at radius 1 is 0.794 bits per heavy atom. The molecule has 1 atom stereocenters. The molecule has 0 aromatic heterocycles. The van der Waals surface area contributed by atoms with E-state index in [4.69, 9.17) is 0 Å². The molecule has 0 radical (unpaired) electrons. The standard InChI is InChI=1S/C27H25N3O3S/c1-17(27(31)28-21-11-13-22(14-12-21)30(2)3)29-34(32,33)24-16-10-20-8-7-18-5-4-6-19-9-15-23(24)26(20)25(18)19/h4-17,29H,1-3H3,(H,28,31)/t17-/m0/s1. The summed E-state index contributed by atoms with van der Waals surface area (Å²) in [5.74, 6) is -0.432. The number of nitrogens with one attached hydrogen (secondary N) is 2. The summed E-state index contributed by atoms with van der Waals surface area (Å²) in [7, 11) is -0.0894. The summed E-state index contributed by atoms with van der Waals surface area (Å²) in [5, 5.41) is 8.47. The van der Waals surface area contributed by atoms with Gasteiger partial charge in [-0.25, -0.2) is 8.42 Å². The molecule has 34 heavy (non-hydrogen) atoms. The number of rotatable bonds is 6. The van der Waals surface area contributed by atoms with E-state index in [-0.39, 0.29) is 4.90 Å². The van der Waals surface area contributed by atoms with Crippen LogP contribution in [-0.2, 0) is 14.8 Å². The van der Waals surface area contributed by atoms with Gasteiger partial charge in [0.15, 0.2) is 0 Å². The fourth-order valence-corrected chi connectivity index (χ4v) is 5.79. The topological polar surface area (TPSA) is 78.5 Å². The molecule has 0 bridgehead atoms. The van der Waals surface area contributed by atoms with E-state index >= 15 is 0 Å². The van der Waals surface area contributed by atoms with Crippen LogP contribution < -0.4 is 14.9 Å². The van der Waals surface area contributed by atoms with Crippen molar-refractivity contribution in [2.45, 2.75) is 17.9 Å². The quantitative estimate of drug-likeness (QED) is 0.343. The van der Waals surface area contributed by atoms with E-state index < -0.39 is 22.0 Å². The normalized spacial score (nSPS) is 12.9. The first-order valence-corrected chi connectivity index (χ1v) is 12.5. The zero-order chi connectivity index (χ0) is 24.0. The fourth-order valence-electron chi connectivity index (χ4n) is 4.39. The van der Waals surface area contributed by atoms with Crippen LogP contribution in [-0.4, -0.2) is 34.5 Å². The second-order valence-electron chi connectivity index (χ2n) is 8.69. The van der Waals surface area contributed by atoms with Crippen LogP contribution in [0, 0.1) is 0 Å². The largest absolute Gasteiger partial charge is 0.378 e. The Hall–Kier alpha value is -3.68. The highest BCUT2D eigenvalue weighted by atomic mass is 32.2. The van der Waals surface area contributed by atoms with Crippen LogP contribution in [0.4, 0.5) is 11.4 Å². The van der Waals surface area contributed by atoms with Gasteiger partial charge in [-0.05, 0) is 64.2 Å². The second kappa shape index (κ2) is 8.27. The van der Waals surface area contributed by atoms with E-state index in [0.717, 1.165) is 32.6 Å². The molecule has 0 saturated carbocycles. The van der Waals surface area contributed by atoms with Gasteiger partial charge in [-0.15, -0.1) is 0 Å². The van der Waals surface area contributed by atoms with Gasteiger partial charge in [0.05, 0.1) is 10.9 Å². The molecule has 0 aliphatic carbocycles. The Bertz CT molecular complexity index is 1610. The maximum atomic E-state index is 13.4. The maximum absolute atomic E-state index is 13.4. The highest BCUT2D eigenvalue weighted by molar-refractivity contribution is 7.89. The van der Waals surface area contributed by atoms with Crippen molar-refractivity contribution in [3.05, 3.63) is 78.9 Å². The van der Waals surface area contributed by atoms with Crippen LogP contribution in [0.25, 0.3) is 32.3 Å². The Morgan fingerprint density at radius 3 is 2.03 bits per heavy atom. The Morgan fingerprint density at radius 2 is 1.38 bits per heavy atom. The van der Waals surface area contributed by atoms with Crippen LogP contribution in [0.15, 0.2) is 83.8 Å². The van der Waals surface area contributed by atoms with E-state index in [1.54, 1.807) is 18.2 Å². The molecule has 5 rings (SSSR count). The lowest BCUT2D eigenvalue weighted by Crippen LogP contribution is -2.41. The number of hydrogen-bond donors (Lipinski definition) is 2. The van der Waals surface area contributed by atoms with Gasteiger partial charge >= 0.3 is 0 Å². The summed E-state index contributed by atoms with van der Waals surface area (Å²) in [5.41, 5.74) is 1.60. The van der Waals surface area contributed by atoms with Gasteiger partial charge in [0, 0.05) is 30.9 Å². The molecule has 1 amide bonds. The Labute approximate surface area is 198 Å². The predicted molar refractivity (Wildman–Crippen MR) is 139 cm³/mol. The molecule has 0 unspecified atom stereocenters. The molecule has 0 aliphatic rings. The van der Waals surface area contributed by atoms with Crippen molar-refractivity contribution in [2.24, 2.45) is 0 Å². The smallest absolute Gasteiger partial charge is 0.242 e. The molecule has 5 aromatic rings. The van der Waals surface area contributed by atoms with Gasteiger partial charge in [0.1, 0.15) is 0 Å². The van der Waals surface area contributed by atoms with Crippen molar-refractivity contribution in [2.75, 3.05) is 24.3 Å². The van der Waals surface area contributed by atoms with Crippen molar-refractivity contribution in [3.8, 4) is 0 Å². The third kappa shape index (κ3) is 3.83. The zero-order valence-corrected chi connectivity index (χ0v) is 20.0. The van der Waals surface area contributed by atoms with E-state index in [9.17, 15) is 13.2 Å². The van der Waals surface area contributed by atoms with Crippen molar-refractivity contribution in [1.82, 2.24) is 4.72 Å². The number of benzene rings is 5. The summed E-state index contributed by atoms with van der Waals surface area (Å²) < 4.78 is 29.3. The molecule has 2 N–H and O–H groups in total. The van der Waals surface area contributed by atoms with E-state index in [1.807, 2.05) is 79.7 Å². The molecule has 172 valence electrons. The minimum atomic E-state index is -3.96. The average Bonchev–Trinajstić information content (AvgIpc) is 2.82. The molecule has 0 heterocycles. The SMILES string of the molecule is C[C@H](NS(=O)(=O)c1ccc2ccc3cccc4ccc1c2c34)C(=O)Nc1ccc(N(C)C)cc1. The third-order valence-corrected chi connectivity index (χ3v) is 7.75. The van der Waals surface area contributed by atoms with Crippen LogP contribution in [0.3, 0.4) is 0 Å². The molecule has 0 aliphatic heterocycles. The summed E-state index contributed by atoms with van der Waals surface area (Å²) in [6.45, 7) is 1.54. The minimum Gasteiger partial charge on any atom is -0.378 e. The Balaban J connectivity index is 1.45. The number of carbonyl (C=O) groups is 1. The van der Waals surface area contributed by atoms with Crippen molar-refractivity contribution >= 4 is 59.6 Å². The summed E-state index contributed by atoms with van der Waals surface area (Å²) in [4.78, 5) is 14.8. The van der Waals surface area contributed by atoms with Crippen LogP contribution in [0.5, 0.6) is 0 Å². The van der Waals surface area contributed by atoms with E-state index in [1.165, 1.54) is 6.92 Å². The summed E-state index contributed by atoms with van der Waals surface area (Å²) in [6, 6.07) is 23.7. The van der Waals surface area contributed by atoms with E-state index in [2.05, 4.69) is 10.0 Å². The fraction of sp³-hybridized carbons (Fsp3) is 0.148. The van der Waals surface area contributed by atoms with Crippen LogP contribution in [0.2, 0.25) is 0 Å². The monoisotopic (exact) mass is 471 g/mol. The second-order valence-corrected chi connectivity index (χ2v) is 10.4. The van der Waals surface area contributed by atoms with Gasteiger partial charge in [-0.3, -0.25) is 4.79 Å². The lowest BCUT2D eigenvalue weighted by molar-refractivity contribution is -0.117. The van der Waals surface area contributed by atoms with Crippen molar-refractivity contribution < 1.29 is 13.2 Å². The number of hydrogen-bond acceptors (Lipinski definition) is 4. The number of anilines is 2. The van der Waals surface area contributed by atoms with Crippen molar-refractivity contribution in [1.29, 1.82) is 0 Å². The van der Waals surface area contributed by atoms with Gasteiger partial charge in [-0.2, -0.15) is 4.72 Å². The molecule has 6 nitrogen and oxygen atoms in total. The molecule has 7 heteroatoms. The van der Waals surface area contributed by atoms with Crippen LogP contribution >= 0.6 is 0 Å². The van der Waals surface area contributed by atoms with E-state index in [0.29, 0.717) is 11.1 Å². The molecule has 5 aromatic carbocycles. The average molecular weight is 472 g/mol. The number of amides is 1. The lowest BCUT2D eigenvalue weighted by atomic mass is 9.94. The first-order valence-electron chi connectivity index (χ1n) is 11.0.